The van der Waals surface area contributed by atoms with Crippen LogP contribution in [-0.2, 0) is 14.8 Å². The fourth-order valence-electron chi connectivity index (χ4n) is 1.97. The third-order valence-corrected chi connectivity index (χ3v) is 5.25. The van der Waals surface area contributed by atoms with Crippen molar-refractivity contribution >= 4 is 37.5 Å². The van der Waals surface area contributed by atoms with Crippen molar-refractivity contribution < 1.29 is 13.2 Å². The molecular weight excluding hydrogens is 368 g/mol. The van der Waals surface area contributed by atoms with Crippen molar-refractivity contribution in [2.75, 3.05) is 23.7 Å². The lowest BCUT2D eigenvalue weighted by atomic mass is 10.2. The van der Waals surface area contributed by atoms with E-state index in [1.54, 1.807) is 18.2 Å². The van der Waals surface area contributed by atoms with E-state index in [-0.39, 0.29) is 12.5 Å². The molecule has 1 aromatic rings. The number of unbranched alkanes of at least 4 members (excludes halogenated alkanes) is 2. The van der Waals surface area contributed by atoms with Gasteiger partial charge in [0.2, 0.25) is 15.9 Å². The van der Waals surface area contributed by atoms with Crippen LogP contribution in [0.15, 0.2) is 22.7 Å². The first-order chi connectivity index (χ1) is 10.3. The Bertz CT molecular complexity index is 617. The van der Waals surface area contributed by atoms with Crippen molar-refractivity contribution in [1.82, 2.24) is 5.32 Å². The Hall–Kier alpha value is -1.08. The van der Waals surface area contributed by atoms with Crippen LogP contribution in [0.1, 0.15) is 31.7 Å². The fourth-order valence-corrected chi connectivity index (χ4v) is 3.07. The van der Waals surface area contributed by atoms with Crippen LogP contribution in [0.4, 0.5) is 5.69 Å². The molecule has 22 heavy (non-hydrogen) atoms. The van der Waals surface area contributed by atoms with E-state index in [0.717, 1.165) is 39.9 Å². The van der Waals surface area contributed by atoms with Gasteiger partial charge in [0.25, 0.3) is 0 Å². The Balaban J connectivity index is 2.82. The molecular formula is C15H23BrN2O3S. The molecule has 1 amide bonds. The van der Waals surface area contributed by atoms with Gasteiger partial charge in [-0.1, -0.05) is 35.7 Å². The third-order valence-electron chi connectivity index (χ3n) is 3.22. The molecule has 0 heterocycles. The van der Waals surface area contributed by atoms with E-state index >= 15 is 0 Å². The second-order valence-corrected chi connectivity index (χ2v) is 8.02. The van der Waals surface area contributed by atoms with E-state index in [9.17, 15) is 13.2 Å². The lowest BCUT2D eigenvalue weighted by Crippen LogP contribution is -2.40. The first-order valence-electron chi connectivity index (χ1n) is 7.26. The molecule has 0 spiro atoms. The predicted octanol–water partition coefficient (Wildman–Crippen LogP) is 2.83. The molecule has 5 nitrogen and oxygen atoms in total. The minimum atomic E-state index is -3.52. The minimum absolute atomic E-state index is 0.202. The number of carbonyl (C=O) groups is 1. The van der Waals surface area contributed by atoms with E-state index in [1.807, 2.05) is 6.92 Å². The van der Waals surface area contributed by atoms with Crippen molar-refractivity contribution in [3.63, 3.8) is 0 Å². The van der Waals surface area contributed by atoms with Gasteiger partial charge in [0.15, 0.2) is 0 Å². The smallest absolute Gasteiger partial charge is 0.240 e. The average molecular weight is 391 g/mol. The molecule has 1 aromatic carbocycles. The first kappa shape index (κ1) is 19.0. The van der Waals surface area contributed by atoms with Gasteiger partial charge in [-0.3, -0.25) is 9.10 Å². The number of hydrogen-bond donors (Lipinski definition) is 1. The molecule has 0 aliphatic rings. The summed E-state index contributed by atoms with van der Waals surface area (Å²) in [4.78, 5) is 12.0. The summed E-state index contributed by atoms with van der Waals surface area (Å²) >= 11 is 3.38. The summed E-state index contributed by atoms with van der Waals surface area (Å²) in [5.74, 6) is -0.290. The number of amides is 1. The maximum atomic E-state index is 12.0. The van der Waals surface area contributed by atoms with Gasteiger partial charge in [0, 0.05) is 11.0 Å². The lowest BCUT2D eigenvalue weighted by Gasteiger charge is -2.22. The third kappa shape index (κ3) is 5.96. The van der Waals surface area contributed by atoms with Crippen LogP contribution in [0.25, 0.3) is 0 Å². The van der Waals surface area contributed by atoms with E-state index in [0.29, 0.717) is 12.2 Å². The van der Waals surface area contributed by atoms with Crippen molar-refractivity contribution in [3.8, 4) is 0 Å². The maximum Gasteiger partial charge on any atom is 0.240 e. The van der Waals surface area contributed by atoms with Gasteiger partial charge in [-0.25, -0.2) is 8.42 Å². The summed E-state index contributed by atoms with van der Waals surface area (Å²) < 4.78 is 26.0. The SMILES string of the molecule is CCCCCNC(=O)CN(c1ccc(Br)c(C)c1)S(C)(=O)=O. The maximum absolute atomic E-state index is 12.0. The molecule has 0 bridgehead atoms. The molecule has 0 aliphatic heterocycles. The van der Waals surface area contributed by atoms with Crippen LogP contribution in [0, 0.1) is 6.92 Å². The number of aryl methyl sites for hydroxylation is 1. The predicted molar refractivity (Wildman–Crippen MR) is 93.6 cm³/mol. The normalized spacial score (nSPS) is 11.3. The average Bonchev–Trinajstić information content (AvgIpc) is 2.43. The highest BCUT2D eigenvalue weighted by molar-refractivity contribution is 9.10. The Kier molecular flexibility index (Phi) is 7.35. The summed E-state index contributed by atoms with van der Waals surface area (Å²) in [6, 6.07) is 5.21. The standard InChI is InChI=1S/C15H23BrN2O3S/c1-4-5-6-9-17-15(19)11-18(22(3,20)21)13-7-8-14(16)12(2)10-13/h7-8,10H,4-6,9,11H2,1-3H3,(H,17,19). The monoisotopic (exact) mass is 390 g/mol. The molecule has 0 saturated heterocycles. The van der Waals surface area contributed by atoms with Gasteiger partial charge in [0.05, 0.1) is 11.9 Å². The van der Waals surface area contributed by atoms with Gasteiger partial charge >= 0.3 is 0 Å². The summed E-state index contributed by atoms with van der Waals surface area (Å²) in [7, 11) is -3.52. The van der Waals surface area contributed by atoms with Gasteiger partial charge in [0.1, 0.15) is 6.54 Å². The number of rotatable bonds is 8. The van der Waals surface area contributed by atoms with E-state index in [2.05, 4.69) is 28.2 Å². The highest BCUT2D eigenvalue weighted by Gasteiger charge is 2.21. The number of benzene rings is 1. The van der Waals surface area contributed by atoms with Crippen molar-refractivity contribution in [2.24, 2.45) is 0 Å². The summed E-state index contributed by atoms with van der Waals surface area (Å²) in [6.45, 7) is 4.33. The second kappa shape index (κ2) is 8.53. The Morgan fingerprint density at radius 1 is 1.32 bits per heavy atom. The lowest BCUT2D eigenvalue weighted by molar-refractivity contribution is -0.119. The van der Waals surface area contributed by atoms with Crippen LogP contribution in [0.5, 0.6) is 0 Å². The van der Waals surface area contributed by atoms with E-state index in [1.165, 1.54) is 0 Å². The van der Waals surface area contributed by atoms with Crippen LogP contribution in [-0.4, -0.2) is 33.7 Å². The second-order valence-electron chi connectivity index (χ2n) is 5.26. The zero-order valence-corrected chi connectivity index (χ0v) is 15.6. The first-order valence-corrected chi connectivity index (χ1v) is 9.90. The van der Waals surface area contributed by atoms with E-state index < -0.39 is 10.0 Å². The summed E-state index contributed by atoms with van der Waals surface area (Å²) in [5, 5.41) is 2.76. The summed E-state index contributed by atoms with van der Waals surface area (Å²) in [5.41, 5.74) is 1.40. The van der Waals surface area contributed by atoms with Gasteiger partial charge in [-0.05, 0) is 37.1 Å². The minimum Gasteiger partial charge on any atom is -0.355 e. The fraction of sp³-hybridized carbons (Fsp3) is 0.533. The molecule has 1 rings (SSSR count). The van der Waals surface area contributed by atoms with Gasteiger partial charge < -0.3 is 5.32 Å². The Labute approximate surface area is 141 Å². The van der Waals surface area contributed by atoms with Crippen molar-refractivity contribution in [1.29, 1.82) is 0 Å². The summed E-state index contributed by atoms with van der Waals surface area (Å²) in [6.07, 6.45) is 4.12. The van der Waals surface area contributed by atoms with Gasteiger partial charge in [-0.15, -0.1) is 0 Å². The quantitative estimate of drug-likeness (QED) is 0.693. The molecule has 0 fully saturated rings. The number of halogens is 1. The topological polar surface area (TPSA) is 66.5 Å². The Morgan fingerprint density at radius 2 is 2.00 bits per heavy atom. The van der Waals surface area contributed by atoms with Crippen LogP contribution >= 0.6 is 15.9 Å². The number of nitrogens with one attached hydrogen (secondary N) is 1. The molecule has 1 N–H and O–H groups in total. The molecule has 0 aliphatic carbocycles. The van der Waals surface area contributed by atoms with Crippen LogP contribution in [0.3, 0.4) is 0 Å². The molecule has 0 atom stereocenters. The molecule has 0 unspecified atom stereocenters. The number of nitrogens with zero attached hydrogens (tertiary/aromatic N) is 1. The molecule has 0 aromatic heterocycles. The largest absolute Gasteiger partial charge is 0.355 e. The van der Waals surface area contributed by atoms with Crippen molar-refractivity contribution in [3.05, 3.63) is 28.2 Å². The molecule has 0 saturated carbocycles. The van der Waals surface area contributed by atoms with Crippen LogP contribution in [0.2, 0.25) is 0 Å². The molecule has 7 heteroatoms. The Morgan fingerprint density at radius 3 is 2.55 bits per heavy atom. The zero-order valence-electron chi connectivity index (χ0n) is 13.2. The highest BCUT2D eigenvalue weighted by Crippen LogP contribution is 2.24. The molecule has 124 valence electrons. The van der Waals surface area contributed by atoms with Crippen LogP contribution < -0.4 is 9.62 Å². The number of anilines is 1. The number of hydrogen-bond acceptors (Lipinski definition) is 3. The number of sulfonamides is 1. The zero-order chi connectivity index (χ0) is 16.8. The highest BCUT2D eigenvalue weighted by atomic mass is 79.9. The molecule has 0 radical (unpaired) electrons. The van der Waals surface area contributed by atoms with Crippen molar-refractivity contribution in [2.45, 2.75) is 33.1 Å². The van der Waals surface area contributed by atoms with Gasteiger partial charge in [-0.2, -0.15) is 0 Å². The van der Waals surface area contributed by atoms with E-state index in [4.69, 9.17) is 0 Å². The number of carbonyl (C=O) groups excluding carboxylic acids is 1.